The highest BCUT2D eigenvalue weighted by molar-refractivity contribution is 5.79. The van der Waals surface area contributed by atoms with Gasteiger partial charge in [-0.3, -0.25) is 0 Å². The van der Waals surface area contributed by atoms with Gasteiger partial charge >= 0.3 is 0 Å². The molecule has 2 rings (SSSR count). The zero-order chi connectivity index (χ0) is 11.0. The molecule has 0 aliphatic rings. The van der Waals surface area contributed by atoms with Gasteiger partial charge < -0.3 is 9.88 Å². The Morgan fingerprint density at radius 2 is 2.07 bits per heavy atom. The van der Waals surface area contributed by atoms with Gasteiger partial charge in [0.2, 0.25) is 0 Å². The number of aryl methyl sites for hydroxylation is 1. The minimum Gasteiger partial charge on any atom is -0.372 e. The first-order valence-electron chi connectivity index (χ1n) is 5.27. The molecule has 1 aromatic carbocycles. The molecule has 0 radical (unpaired) electrons. The lowest BCUT2D eigenvalue weighted by molar-refractivity contribution is 0.755. The Kier molecular flexibility index (Phi) is 2.39. The summed E-state index contributed by atoms with van der Waals surface area (Å²) in [7, 11) is 2.11. The van der Waals surface area contributed by atoms with Crippen molar-refractivity contribution < 1.29 is 0 Å². The Labute approximate surface area is 90.1 Å². The summed E-state index contributed by atoms with van der Waals surface area (Å²) in [5.74, 6) is 0.967. The maximum absolute atomic E-state index is 4.38. The number of imidazole rings is 1. The molecule has 1 aromatic heterocycles. The first-order chi connectivity index (χ1) is 7.08. The molecule has 3 heteroatoms. The summed E-state index contributed by atoms with van der Waals surface area (Å²) >= 11 is 0. The molecule has 2 aromatic rings. The first-order valence-corrected chi connectivity index (χ1v) is 5.27. The fraction of sp³-hybridized carbons (Fsp3) is 0.417. The van der Waals surface area contributed by atoms with E-state index in [2.05, 4.69) is 54.0 Å². The van der Waals surface area contributed by atoms with E-state index in [1.807, 2.05) is 6.92 Å². The number of benzene rings is 1. The lowest BCUT2D eigenvalue weighted by Gasteiger charge is -2.23. The van der Waals surface area contributed by atoms with E-state index in [9.17, 15) is 0 Å². The van der Waals surface area contributed by atoms with Crippen molar-refractivity contribution in [2.24, 2.45) is 0 Å². The minimum atomic E-state index is 0.506. The third-order valence-corrected chi connectivity index (χ3v) is 2.77. The van der Waals surface area contributed by atoms with Crippen molar-refractivity contribution in [1.29, 1.82) is 0 Å². The quantitative estimate of drug-likeness (QED) is 0.813. The van der Waals surface area contributed by atoms with Crippen LogP contribution >= 0.6 is 0 Å². The highest BCUT2D eigenvalue weighted by Gasteiger charge is 2.06. The lowest BCUT2D eigenvalue weighted by atomic mass is 10.2. The highest BCUT2D eigenvalue weighted by Crippen LogP contribution is 2.20. The molecule has 0 saturated carbocycles. The highest BCUT2D eigenvalue weighted by atomic mass is 15.1. The number of hydrogen-bond acceptors (Lipinski definition) is 2. The van der Waals surface area contributed by atoms with Gasteiger partial charge in [-0.2, -0.15) is 0 Å². The van der Waals surface area contributed by atoms with Gasteiger partial charge in [-0.05, 0) is 39.0 Å². The van der Waals surface area contributed by atoms with E-state index >= 15 is 0 Å². The number of aromatic amines is 1. The zero-order valence-electron chi connectivity index (χ0n) is 9.70. The van der Waals surface area contributed by atoms with Gasteiger partial charge in [-0.1, -0.05) is 0 Å². The first kappa shape index (κ1) is 10.0. The molecule has 0 unspecified atom stereocenters. The number of rotatable bonds is 2. The predicted molar refractivity (Wildman–Crippen MR) is 64.4 cm³/mol. The van der Waals surface area contributed by atoms with E-state index in [1.54, 1.807) is 0 Å². The Bertz CT molecular complexity index is 471. The summed E-state index contributed by atoms with van der Waals surface area (Å²) in [4.78, 5) is 9.88. The lowest BCUT2D eigenvalue weighted by Crippen LogP contribution is -2.25. The molecule has 0 aliphatic carbocycles. The molecular weight excluding hydrogens is 186 g/mol. The zero-order valence-corrected chi connectivity index (χ0v) is 9.70. The van der Waals surface area contributed by atoms with Gasteiger partial charge in [0.05, 0.1) is 11.0 Å². The number of fused-ring (bicyclic) bond motifs is 1. The second-order valence-electron chi connectivity index (χ2n) is 4.23. The number of H-pyrrole nitrogens is 1. The molecule has 0 amide bonds. The van der Waals surface area contributed by atoms with E-state index in [-0.39, 0.29) is 0 Å². The van der Waals surface area contributed by atoms with Gasteiger partial charge in [0.15, 0.2) is 0 Å². The summed E-state index contributed by atoms with van der Waals surface area (Å²) in [5.41, 5.74) is 3.37. The standard InChI is InChI=1S/C12H17N3/c1-8(2)15(4)10-5-6-11-12(7-10)14-9(3)13-11/h5-8H,1-4H3,(H,13,14). The Hall–Kier alpha value is -1.51. The largest absolute Gasteiger partial charge is 0.372 e. The third kappa shape index (κ3) is 1.82. The van der Waals surface area contributed by atoms with Crippen molar-refractivity contribution in [3.8, 4) is 0 Å². The molecule has 1 heterocycles. The van der Waals surface area contributed by atoms with Crippen LogP contribution in [0.1, 0.15) is 19.7 Å². The summed E-state index contributed by atoms with van der Waals surface area (Å²) in [5, 5.41) is 0. The van der Waals surface area contributed by atoms with Crippen LogP contribution in [0.3, 0.4) is 0 Å². The fourth-order valence-corrected chi connectivity index (χ4v) is 1.64. The van der Waals surface area contributed by atoms with Crippen molar-refractivity contribution in [1.82, 2.24) is 9.97 Å². The molecule has 0 bridgehead atoms. The minimum absolute atomic E-state index is 0.506. The van der Waals surface area contributed by atoms with Crippen molar-refractivity contribution >= 4 is 16.7 Å². The van der Waals surface area contributed by atoms with Crippen LogP contribution in [0.5, 0.6) is 0 Å². The molecule has 80 valence electrons. The van der Waals surface area contributed by atoms with Crippen LogP contribution in [0.15, 0.2) is 18.2 Å². The van der Waals surface area contributed by atoms with Gasteiger partial charge in [-0.15, -0.1) is 0 Å². The molecule has 1 N–H and O–H groups in total. The molecule has 15 heavy (non-hydrogen) atoms. The van der Waals surface area contributed by atoms with Crippen LogP contribution in [0.4, 0.5) is 5.69 Å². The SMILES string of the molecule is Cc1nc2ccc(N(C)C(C)C)cc2[nH]1. The van der Waals surface area contributed by atoms with Crippen LogP contribution in [-0.4, -0.2) is 23.1 Å². The monoisotopic (exact) mass is 203 g/mol. The maximum atomic E-state index is 4.38. The molecule has 0 atom stereocenters. The number of anilines is 1. The molecule has 0 aliphatic heterocycles. The van der Waals surface area contributed by atoms with Crippen molar-refractivity contribution in [3.05, 3.63) is 24.0 Å². The number of aromatic nitrogens is 2. The van der Waals surface area contributed by atoms with E-state index in [1.165, 1.54) is 5.69 Å². The maximum Gasteiger partial charge on any atom is 0.104 e. The van der Waals surface area contributed by atoms with Crippen molar-refractivity contribution in [2.45, 2.75) is 26.8 Å². The van der Waals surface area contributed by atoms with Crippen LogP contribution < -0.4 is 4.90 Å². The van der Waals surface area contributed by atoms with Crippen LogP contribution in [0, 0.1) is 6.92 Å². The van der Waals surface area contributed by atoms with E-state index in [0.29, 0.717) is 6.04 Å². The van der Waals surface area contributed by atoms with Crippen molar-refractivity contribution in [3.63, 3.8) is 0 Å². The third-order valence-electron chi connectivity index (χ3n) is 2.77. The summed E-state index contributed by atoms with van der Waals surface area (Å²) in [6.45, 7) is 6.34. The van der Waals surface area contributed by atoms with E-state index in [4.69, 9.17) is 0 Å². The van der Waals surface area contributed by atoms with Gasteiger partial charge in [0, 0.05) is 18.8 Å². The second-order valence-corrected chi connectivity index (χ2v) is 4.23. The summed E-state index contributed by atoms with van der Waals surface area (Å²) in [6, 6.07) is 6.83. The van der Waals surface area contributed by atoms with Crippen LogP contribution in [-0.2, 0) is 0 Å². The molecule has 0 saturated heterocycles. The fourth-order valence-electron chi connectivity index (χ4n) is 1.64. The Morgan fingerprint density at radius 1 is 1.33 bits per heavy atom. The topological polar surface area (TPSA) is 31.9 Å². The Balaban J connectivity index is 2.46. The molecule has 0 spiro atoms. The second kappa shape index (κ2) is 3.57. The molecule has 0 fully saturated rings. The van der Waals surface area contributed by atoms with Gasteiger partial charge in [0.1, 0.15) is 5.82 Å². The van der Waals surface area contributed by atoms with E-state index in [0.717, 1.165) is 16.9 Å². The number of nitrogens with zero attached hydrogens (tertiary/aromatic N) is 2. The van der Waals surface area contributed by atoms with Gasteiger partial charge in [0.25, 0.3) is 0 Å². The Morgan fingerprint density at radius 3 is 2.73 bits per heavy atom. The summed E-state index contributed by atoms with van der Waals surface area (Å²) in [6.07, 6.45) is 0. The predicted octanol–water partition coefficient (Wildman–Crippen LogP) is 2.72. The van der Waals surface area contributed by atoms with Crippen LogP contribution in [0.2, 0.25) is 0 Å². The van der Waals surface area contributed by atoms with Crippen molar-refractivity contribution in [2.75, 3.05) is 11.9 Å². The average molecular weight is 203 g/mol. The number of hydrogen-bond donors (Lipinski definition) is 1. The number of nitrogens with one attached hydrogen (secondary N) is 1. The smallest absolute Gasteiger partial charge is 0.104 e. The van der Waals surface area contributed by atoms with Gasteiger partial charge in [-0.25, -0.2) is 4.98 Å². The molecular formula is C12H17N3. The van der Waals surface area contributed by atoms with E-state index < -0.39 is 0 Å². The molecule has 3 nitrogen and oxygen atoms in total. The normalized spacial score (nSPS) is 11.3. The van der Waals surface area contributed by atoms with Crippen LogP contribution in [0.25, 0.3) is 11.0 Å². The summed E-state index contributed by atoms with van der Waals surface area (Å²) < 4.78 is 0. The average Bonchev–Trinajstić information content (AvgIpc) is 2.55.